The lowest BCUT2D eigenvalue weighted by Crippen LogP contribution is -2.49. The number of hydrogen-bond acceptors (Lipinski definition) is 4. The number of urea groups is 1. The standard InChI is InChI=1S/C26H35Cl2N3O3/c1-17(2)23(30-26(32)29-20-6-8-24(33-3)25(15-20)34-4)16-31-11-9-18(10-12-31)13-19-5-7-21(27)22(28)14-19/h5-8,14-15,17-18,23H,9-13,16H2,1-4H3,(H2,29,30,32)/t23-/m0/s1. The maximum Gasteiger partial charge on any atom is 0.319 e. The van der Waals surface area contributed by atoms with Crippen LogP contribution < -0.4 is 20.1 Å². The number of rotatable bonds is 9. The van der Waals surface area contributed by atoms with Crippen molar-refractivity contribution in [3.05, 3.63) is 52.0 Å². The molecule has 2 aromatic carbocycles. The zero-order chi connectivity index (χ0) is 24.7. The molecular weight excluding hydrogens is 473 g/mol. The molecule has 0 spiro atoms. The van der Waals surface area contributed by atoms with Crippen LogP contribution in [0.2, 0.25) is 10.0 Å². The van der Waals surface area contributed by atoms with Gasteiger partial charge in [-0.1, -0.05) is 43.1 Å². The second-order valence-electron chi connectivity index (χ2n) is 9.22. The molecule has 0 radical (unpaired) electrons. The quantitative estimate of drug-likeness (QED) is 0.429. The number of likely N-dealkylation sites (tertiary alicyclic amines) is 1. The van der Waals surface area contributed by atoms with Crippen molar-refractivity contribution in [3.8, 4) is 11.5 Å². The first-order chi connectivity index (χ1) is 16.3. The van der Waals surface area contributed by atoms with Crippen molar-refractivity contribution in [2.75, 3.05) is 39.2 Å². The van der Waals surface area contributed by atoms with Crippen molar-refractivity contribution in [3.63, 3.8) is 0 Å². The van der Waals surface area contributed by atoms with Gasteiger partial charge in [-0.2, -0.15) is 0 Å². The molecule has 0 bridgehead atoms. The Kier molecular flexibility index (Phi) is 9.74. The summed E-state index contributed by atoms with van der Waals surface area (Å²) in [5, 5.41) is 7.28. The zero-order valence-corrected chi connectivity index (χ0v) is 21.9. The van der Waals surface area contributed by atoms with Gasteiger partial charge in [0.25, 0.3) is 0 Å². The predicted molar refractivity (Wildman–Crippen MR) is 140 cm³/mol. The molecule has 2 amide bonds. The minimum absolute atomic E-state index is 0.0479. The van der Waals surface area contributed by atoms with E-state index in [4.69, 9.17) is 32.7 Å². The summed E-state index contributed by atoms with van der Waals surface area (Å²) >= 11 is 12.2. The molecule has 1 atom stereocenters. The summed E-state index contributed by atoms with van der Waals surface area (Å²) in [4.78, 5) is 15.1. The number of methoxy groups -OCH3 is 2. The summed E-state index contributed by atoms with van der Waals surface area (Å²) in [6.45, 7) is 7.15. The van der Waals surface area contributed by atoms with E-state index in [2.05, 4.69) is 35.4 Å². The topological polar surface area (TPSA) is 62.8 Å². The van der Waals surface area contributed by atoms with Crippen LogP contribution in [-0.2, 0) is 6.42 Å². The van der Waals surface area contributed by atoms with E-state index in [-0.39, 0.29) is 12.1 Å². The van der Waals surface area contributed by atoms with Crippen molar-refractivity contribution < 1.29 is 14.3 Å². The average molecular weight is 508 g/mol. The number of anilines is 1. The SMILES string of the molecule is COc1ccc(NC(=O)N[C@@H](CN2CCC(Cc3ccc(Cl)c(Cl)c3)CC2)C(C)C)cc1OC. The summed E-state index contributed by atoms with van der Waals surface area (Å²) in [6.07, 6.45) is 3.27. The Bertz CT molecular complexity index is 962. The average Bonchev–Trinajstić information content (AvgIpc) is 2.82. The Balaban J connectivity index is 1.49. The van der Waals surface area contributed by atoms with Crippen molar-refractivity contribution in [1.29, 1.82) is 0 Å². The molecule has 1 aliphatic rings. The van der Waals surface area contributed by atoms with Gasteiger partial charge in [0.2, 0.25) is 0 Å². The monoisotopic (exact) mass is 507 g/mol. The van der Waals surface area contributed by atoms with Gasteiger partial charge in [0.05, 0.1) is 24.3 Å². The van der Waals surface area contributed by atoms with Crippen LogP contribution in [0.3, 0.4) is 0 Å². The normalized spacial score (nSPS) is 15.7. The van der Waals surface area contributed by atoms with Crippen LogP contribution in [0.4, 0.5) is 10.5 Å². The molecular formula is C26H35Cl2N3O3. The van der Waals surface area contributed by atoms with Gasteiger partial charge in [0.1, 0.15) is 0 Å². The van der Waals surface area contributed by atoms with Gasteiger partial charge in [0.15, 0.2) is 11.5 Å². The molecule has 0 saturated carbocycles. The smallest absolute Gasteiger partial charge is 0.319 e. The Morgan fingerprint density at radius 3 is 2.35 bits per heavy atom. The van der Waals surface area contributed by atoms with Crippen LogP contribution in [0.25, 0.3) is 0 Å². The highest BCUT2D eigenvalue weighted by Gasteiger charge is 2.24. The molecule has 3 rings (SSSR count). The fraction of sp³-hybridized carbons (Fsp3) is 0.500. The molecule has 0 unspecified atom stereocenters. The van der Waals surface area contributed by atoms with Gasteiger partial charge in [-0.3, -0.25) is 0 Å². The van der Waals surface area contributed by atoms with Crippen LogP contribution >= 0.6 is 23.2 Å². The predicted octanol–water partition coefficient (Wildman–Crippen LogP) is 6.11. The van der Waals surface area contributed by atoms with Crippen molar-refractivity contribution in [2.24, 2.45) is 11.8 Å². The molecule has 1 heterocycles. The third-order valence-electron chi connectivity index (χ3n) is 6.43. The number of piperidine rings is 1. The van der Waals surface area contributed by atoms with Crippen LogP contribution in [0.1, 0.15) is 32.3 Å². The second-order valence-corrected chi connectivity index (χ2v) is 10.0. The van der Waals surface area contributed by atoms with E-state index in [0.717, 1.165) is 38.9 Å². The molecule has 0 aromatic heterocycles. The third-order valence-corrected chi connectivity index (χ3v) is 7.17. The number of halogens is 2. The minimum atomic E-state index is -0.222. The van der Waals surface area contributed by atoms with Gasteiger partial charge < -0.3 is 25.0 Å². The molecule has 6 nitrogen and oxygen atoms in total. The molecule has 1 aliphatic heterocycles. The third kappa shape index (κ3) is 7.42. The van der Waals surface area contributed by atoms with E-state index in [1.54, 1.807) is 32.4 Å². The Hall–Kier alpha value is -2.15. The summed E-state index contributed by atoms with van der Waals surface area (Å²) in [5.74, 6) is 2.14. The van der Waals surface area contributed by atoms with Gasteiger partial charge in [-0.05, 0) is 74.0 Å². The van der Waals surface area contributed by atoms with Gasteiger partial charge in [-0.25, -0.2) is 4.79 Å². The maximum absolute atomic E-state index is 12.7. The molecule has 8 heteroatoms. The summed E-state index contributed by atoms with van der Waals surface area (Å²) in [5.41, 5.74) is 1.89. The number of nitrogens with one attached hydrogen (secondary N) is 2. The van der Waals surface area contributed by atoms with Crippen molar-refractivity contribution >= 4 is 34.9 Å². The Morgan fingerprint density at radius 2 is 1.74 bits per heavy atom. The summed E-state index contributed by atoms with van der Waals surface area (Å²) in [6, 6.07) is 11.1. The highest BCUT2D eigenvalue weighted by Crippen LogP contribution is 2.30. The van der Waals surface area contributed by atoms with Gasteiger partial charge in [-0.15, -0.1) is 0 Å². The summed E-state index contributed by atoms with van der Waals surface area (Å²) in [7, 11) is 3.16. The highest BCUT2D eigenvalue weighted by molar-refractivity contribution is 6.42. The van der Waals surface area contributed by atoms with Crippen molar-refractivity contribution in [1.82, 2.24) is 10.2 Å². The fourth-order valence-corrected chi connectivity index (χ4v) is 4.64. The maximum atomic E-state index is 12.7. The molecule has 1 saturated heterocycles. The van der Waals surface area contributed by atoms with Crippen LogP contribution in [0, 0.1) is 11.8 Å². The molecule has 2 aromatic rings. The molecule has 0 aliphatic carbocycles. The number of ether oxygens (including phenoxy) is 2. The number of benzene rings is 2. The molecule has 1 fully saturated rings. The van der Waals surface area contributed by atoms with E-state index in [1.807, 2.05) is 12.1 Å². The first-order valence-electron chi connectivity index (χ1n) is 11.7. The van der Waals surface area contributed by atoms with Crippen molar-refractivity contribution in [2.45, 2.75) is 39.2 Å². The lowest BCUT2D eigenvalue weighted by molar-refractivity contribution is 0.157. The fourth-order valence-electron chi connectivity index (χ4n) is 4.32. The molecule has 34 heavy (non-hydrogen) atoms. The number of carbonyl (C=O) groups is 1. The lowest BCUT2D eigenvalue weighted by atomic mass is 9.89. The minimum Gasteiger partial charge on any atom is -0.493 e. The summed E-state index contributed by atoms with van der Waals surface area (Å²) < 4.78 is 10.6. The number of amides is 2. The van der Waals surface area contributed by atoms with Crippen LogP contribution in [-0.4, -0.2) is 50.8 Å². The number of carbonyl (C=O) groups excluding carboxylic acids is 1. The van der Waals surface area contributed by atoms with E-state index < -0.39 is 0 Å². The van der Waals surface area contributed by atoms with E-state index in [1.165, 1.54) is 5.56 Å². The first kappa shape index (κ1) is 26.5. The van der Waals surface area contributed by atoms with E-state index >= 15 is 0 Å². The first-order valence-corrected chi connectivity index (χ1v) is 12.5. The lowest BCUT2D eigenvalue weighted by Gasteiger charge is -2.35. The van der Waals surface area contributed by atoms with Crippen LogP contribution in [0.15, 0.2) is 36.4 Å². The van der Waals surface area contributed by atoms with E-state index in [9.17, 15) is 4.79 Å². The van der Waals surface area contributed by atoms with Gasteiger partial charge >= 0.3 is 6.03 Å². The van der Waals surface area contributed by atoms with Crippen LogP contribution in [0.5, 0.6) is 11.5 Å². The second kappa shape index (κ2) is 12.5. The molecule has 2 N–H and O–H groups in total. The van der Waals surface area contributed by atoms with Gasteiger partial charge in [0, 0.05) is 24.3 Å². The molecule has 186 valence electrons. The van der Waals surface area contributed by atoms with E-state index in [0.29, 0.717) is 39.1 Å². The highest BCUT2D eigenvalue weighted by atomic mass is 35.5. The number of hydrogen-bond donors (Lipinski definition) is 2. The number of nitrogens with zero attached hydrogens (tertiary/aromatic N) is 1. The Morgan fingerprint density at radius 1 is 1.03 bits per heavy atom. The largest absolute Gasteiger partial charge is 0.493 e. The Labute approximate surface area is 212 Å². The zero-order valence-electron chi connectivity index (χ0n) is 20.4.